The Hall–Kier alpha value is -3.08. The summed E-state index contributed by atoms with van der Waals surface area (Å²) in [5.74, 6) is -0.356. The first kappa shape index (κ1) is 12.9. The van der Waals surface area contributed by atoms with Gasteiger partial charge in [-0.1, -0.05) is 18.2 Å². The van der Waals surface area contributed by atoms with Crippen molar-refractivity contribution < 1.29 is 14.3 Å². The van der Waals surface area contributed by atoms with Crippen LogP contribution in [0, 0.1) is 5.41 Å². The summed E-state index contributed by atoms with van der Waals surface area (Å²) in [5.41, 5.74) is 0.963. The molecule has 0 spiro atoms. The third-order valence-corrected chi connectivity index (χ3v) is 3.03. The molecule has 0 radical (unpaired) electrons. The predicted octanol–water partition coefficient (Wildman–Crippen LogP) is 2.87. The summed E-state index contributed by atoms with van der Waals surface area (Å²) in [5, 5.41) is 20.5. The summed E-state index contributed by atoms with van der Waals surface area (Å²) in [4.78, 5) is 12.2. The van der Waals surface area contributed by atoms with Gasteiger partial charge >= 0.3 is 0 Å². The van der Waals surface area contributed by atoms with Gasteiger partial charge in [0.15, 0.2) is 0 Å². The molecule has 1 heterocycles. The Morgan fingerprint density at radius 3 is 2.62 bits per heavy atom. The number of carbonyl (C=O) groups is 1. The fourth-order valence-corrected chi connectivity index (χ4v) is 2.02. The maximum atomic E-state index is 12.2. The summed E-state index contributed by atoms with van der Waals surface area (Å²) in [7, 11) is 0. The Labute approximate surface area is 120 Å². The van der Waals surface area contributed by atoms with E-state index in [1.807, 2.05) is 6.07 Å². The molecule has 5 heteroatoms. The molecule has 3 aromatic rings. The molecule has 104 valence electrons. The normalized spacial score (nSPS) is 10.5. The number of amides is 1. The lowest BCUT2D eigenvalue weighted by atomic mass is 10.1. The minimum Gasteiger partial charge on any atom is -0.508 e. The fraction of sp³-hybridized carbons (Fsp3) is 0. The van der Waals surface area contributed by atoms with Crippen LogP contribution in [-0.2, 0) is 0 Å². The van der Waals surface area contributed by atoms with Crippen molar-refractivity contribution in [2.45, 2.75) is 0 Å². The molecule has 0 fully saturated rings. The number of aromatic hydroxyl groups is 1. The van der Waals surface area contributed by atoms with Gasteiger partial charge in [0.2, 0.25) is 5.55 Å². The minimum absolute atomic E-state index is 0.0739. The Morgan fingerprint density at radius 1 is 1.10 bits per heavy atom. The third-order valence-electron chi connectivity index (χ3n) is 3.03. The highest BCUT2D eigenvalue weighted by molar-refractivity contribution is 6.05. The fourth-order valence-electron chi connectivity index (χ4n) is 2.02. The maximum Gasteiger partial charge on any atom is 0.261 e. The number of para-hydroxylation sites is 1. The van der Waals surface area contributed by atoms with Crippen molar-refractivity contribution in [3.8, 4) is 5.75 Å². The molecule has 21 heavy (non-hydrogen) atoms. The molecule has 0 aliphatic heterocycles. The predicted molar refractivity (Wildman–Crippen MR) is 78.1 cm³/mol. The Kier molecular flexibility index (Phi) is 3.16. The lowest BCUT2D eigenvalue weighted by molar-refractivity contribution is 0.102. The van der Waals surface area contributed by atoms with Gasteiger partial charge in [-0.2, -0.15) is 0 Å². The Morgan fingerprint density at radius 2 is 1.86 bits per heavy atom. The van der Waals surface area contributed by atoms with E-state index < -0.39 is 5.91 Å². The lowest BCUT2D eigenvalue weighted by Gasteiger charge is -2.06. The number of fused-ring (bicyclic) bond motifs is 1. The second kappa shape index (κ2) is 5.13. The van der Waals surface area contributed by atoms with Crippen LogP contribution in [-0.4, -0.2) is 11.0 Å². The third kappa shape index (κ3) is 2.62. The number of carbonyl (C=O) groups excluding carboxylic acids is 1. The number of nitrogens with one attached hydrogen (secondary N) is 2. The van der Waals surface area contributed by atoms with E-state index in [1.54, 1.807) is 30.3 Å². The van der Waals surface area contributed by atoms with Gasteiger partial charge in [0.25, 0.3) is 5.91 Å². The van der Waals surface area contributed by atoms with Crippen molar-refractivity contribution in [2.24, 2.45) is 0 Å². The topological polar surface area (TPSA) is 86.3 Å². The van der Waals surface area contributed by atoms with Crippen molar-refractivity contribution in [3.05, 3.63) is 65.7 Å². The monoisotopic (exact) mass is 280 g/mol. The van der Waals surface area contributed by atoms with Gasteiger partial charge in [-0.15, -0.1) is 0 Å². The van der Waals surface area contributed by atoms with Gasteiger partial charge in [-0.05, 0) is 36.4 Å². The van der Waals surface area contributed by atoms with Gasteiger partial charge in [0.1, 0.15) is 16.9 Å². The molecule has 0 saturated carbocycles. The zero-order valence-electron chi connectivity index (χ0n) is 11.0. The van der Waals surface area contributed by atoms with E-state index in [0.29, 0.717) is 16.7 Å². The molecule has 1 aromatic heterocycles. The molecule has 0 unspecified atom stereocenters. The molecular weight excluding hydrogens is 268 g/mol. The number of hydrogen-bond donors (Lipinski definition) is 3. The van der Waals surface area contributed by atoms with Crippen molar-refractivity contribution >= 4 is 22.6 Å². The summed E-state index contributed by atoms with van der Waals surface area (Å²) >= 11 is 0. The second-order valence-corrected chi connectivity index (χ2v) is 4.53. The number of anilines is 1. The number of hydrogen-bond acceptors (Lipinski definition) is 4. The standard InChI is InChI=1S/C16H12N2O3/c17-15-13(16(20)18-11-4-2-1-3-5-11)9-10-8-12(19)6-7-14(10)21-15/h1-9,17,19H,(H,18,20). The van der Waals surface area contributed by atoms with Crippen LogP contribution in [0.1, 0.15) is 10.4 Å². The molecule has 0 saturated heterocycles. The highest BCUT2D eigenvalue weighted by Gasteiger charge is 2.12. The quantitative estimate of drug-likeness (QED) is 0.674. The van der Waals surface area contributed by atoms with Gasteiger partial charge in [0.05, 0.1) is 0 Å². The maximum absolute atomic E-state index is 12.2. The van der Waals surface area contributed by atoms with E-state index in [9.17, 15) is 9.90 Å². The summed E-state index contributed by atoms with van der Waals surface area (Å²) in [6.45, 7) is 0. The number of benzene rings is 2. The molecule has 1 amide bonds. The van der Waals surface area contributed by atoms with E-state index in [4.69, 9.17) is 9.83 Å². The van der Waals surface area contributed by atoms with Crippen LogP contribution in [0.25, 0.3) is 11.0 Å². The molecule has 0 aliphatic rings. The molecule has 0 bridgehead atoms. The van der Waals surface area contributed by atoms with Crippen molar-refractivity contribution in [3.63, 3.8) is 0 Å². The zero-order chi connectivity index (χ0) is 14.8. The lowest BCUT2D eigenvalue weighted by Crippen LogP contribution is -2.20. The summed E-state index contributed by atoms with van der Waals surface area (Å²) < 4.78 is 5.30. The molecule has 3 rings (SSSR count). The Balaban J connectivity index is 2.01. The van der Waals surface area contributed by atoms with Crippen LogP contribution >= 0.6 is 0 Å². The molecule has 2 aromatic carbocycles. The molecular formula is C16H12N2O3. The SMILES string of the molecule is N=c1oc2ccc(O)cc2cc1C(=O)Nc1ccccc1. The van der Waals surface area contributed by atoms with Crippen LogP contribution < -0.4 is 10.9 Å². The largest absolute Gasteiger partial charge is 0.508 e. The first-order valence-electron chi connectivity index (χ1n) is 6.31. The first-order valence-corrected chi connectivity index (χ1v) is 6.31. The van der Waals surface area contributed by atoms with Crippen molar-refractivity contribution in [2.75, 3.05) is 5.32 Å². The number of rotatable bonds is 2. The second-order valence-electron chi connectivity index (χ2n) is 4.53. The number of phenolic OH excluding ortho intramolecular Hbond substituents is 1. The van der Waals surface area contributed by atoms with Gasteiger partial charge in [-0.25, -0.2) is 0 Å². The van der Waals surface area contributed by atoms with E-state index in [-0.39, 0.29) is 16.9 Å². The van der Waals surface area contributed by atoms with Crippen molar-refractivity contribution in [1.29, 1.82) is 5.41 Å². The first-order chi connectivity index (χ1) is 10.1. The molecule has 0 atom stereocenters. The highest BCUT2D eigenvalue weighted by Crippen LogP contribution is 2.19. The highest BCUT2D eigenvalue weighted by atomic mass is 16.3. The molecule has 5 nitrogen and oxygen atoms in total. The van der Waals surface area contributed by atoms with E-state index in [0.717, 1.165) is 0 Å². The summed E-state index contributed by atoms with van der Waals surface area (Å²) in [6, 6.07) is 15.0. The Bertz CT molecular complexity index is 870. The number of phenols is 1. The minimum atomic E-state index is -0.430. The average molecular weight is 280 g/mol. The van der Waals surface area contributed by atoms with Gasteiger partial charge < -0.3 is 14.8 Å². The van der Waals surface area contributed by atoms with E-state index >= 15 is 0 Å². The average Bonchev–Trinajstić information content (AvgIpc) is 2.48. The van der Waals surface area contributed by atoms with E-state index in [1.165, 1.54) is 18.2 Å². The van der Waals surface area contributed by atoms with Gasteiger partial charge in [0, 0.05) is 11.1 Å². The van der Waals surface area contributed by atoms with Gasteiger partial charge in [-0.3, -0.25) is 10.2 Å². The molecule has 3 N–H and O–H groups in total. The van der Waals surface area contributed by atoms with Crippen LogP contribution in [0.2, 0.25) is 0 Å². The van der Waals surface area contributed by atoms with Crippen LogP contribution in [0.5, 0.6) is 5.75 Å². The van der Waals surface area contributed by atoms with Crippen LogP contribution in [0.15, 0.2) is 59.0 Å². The van der Waals surface area contributed by atoms with Crippen LogP contribution in [0.4, 0.5) is 5.69 Å². The van der Waals surface area contributed by atoms with E-state index in [2.05, 4.69) is 5.32 Å². The zero-order valence-corrected chi connectivity index (χ0v) is 11.0. The smallest absolute Gasteiger partial charge is 0.261 e. The van der Waals surface area contributed by atoms with Crippen molar-refractivity contribution in [1.82, 2.24) is 0 Å². The molecule has 0 aliphatic carbocycles. The summed E-state index contributed by atoms with van der Waals surface area (Å²) in [6.07, 6.45) is 0. The van der Waals surface area contributed by atoms with Crippen LogP contribution in [0.3, 0.4) is 0 Å².